The monoisotopic (exact) mass is 309 g/mol. The zero-order valence-corrected chi connectivity index (χ0v) is 12.7. The van der Waals surface area contributed by atoms with Gasteiger partial charge in [0.15, 0.2) is 0 Å². The molecule has 1 aromatic carbocycles. The number of aryl methyl sites for hydroxylation is 1. The fourth-order valence-corrected chi connectivity index (χ4v) is 4.16. The Bertz CT molecular complexity index is 579. The summed E-state index contributed by atoms with van der Waals surface area (Å²) in [6.45, 7) is 0.906. The molecule has 1 heterocycles. The third-order valence-corrected chi connectivity index (χ3v) is 5.14. The lowest BCUT2D eigenvalue weighted by Gasteiger charge is -2.23. The van der Waals surface area contributed by atoms with Crippen molar-refractivity contribution in [3.8, 4) is 0 Å². The first-order valence-electron chi connectivity index (χ1n) is 6.98. The molecule has 2 aromatic rings. The third-order valence-electron chi connectivity index (χ3n) is 3.80. The van der Waals surface area contributed by atoms with Crippen LogP contribution in [0.25, 0.3) is 0 Å². The Labute approximate surface area is 127 Å². The summed E-state index contributed by atoms with van der Waals surface area (Å²) in [5.41, 5.74) is 2.55. The van der Waals surface area contributed by atoms with Crippen LogP contribution in [0.4, 0.5) is 4.39 Å². The first kappa shape index (κ1) is 14.1. The van der Waals surface area contributed by atoms with Crippen LogP contribution in [0.5, 0.6) is 0 Å². The van der Waals surface area contributed by atoms with Crippen molar-refractivity contribution in [3.63, 3.8) is 0 Å². The summed E-state index contributed by atoms with van der Waals surface area (Å²) in [6, 6.07) is 9.27. The van der Waals surface area contributed by atoms with E-state index in [9.17, 15) is 4.39 Å². The Kier molecular flexibility index (Phi) is 4.39. The summed E-state index contributed by atoms with van der Waals surface area (Å²) in [4.78, 5) is 1.43. The number of halogens is 2. The smallest absolute Gasteiger partial charge is 0.123 e. The van der Waals surface area contributed by atoms with Crippen LogP contribution in [0.2, 0.25) is 4.34 Å². The van der Waals surface area contributed by atoms with Crippen molar-refractivity contribution in [1.82, 2.24) is 5.32 Å². The second-order valence-electron chi connectivity index (χ2n) is 5.20. The Morgan fingerprint density at radius 1 is 1.30 bits per heavy atom. The van der Waals surface area contributed by atoms with E-state index in [-0.39, 0.29) is 5.82 Å². The van der Waals surface area contributed by atoms with Crippen LogP contribution in [0, 0.1) is 5.82 Å². The number of benzene rings is 1. The van der Waals surface area contributed by atoms with Crippen LogP contribution in [-0.2, 0) is 12.8 Å². The maximum Gasteiger partial charge on any atom is 0.123 e. The summed E-state index contributed by atoms with van der Waals surface area (Å²) < 4.78 is 13.7. The fourth-order valence-electron chi connectivity index (χ4n) is 2.78. The van der Waals surface area contributed by atoms with Gasteiger partial charge >= 0.3 is 0 Å². The molecule has 106 valence electrons. The highest BCUT2D eigenvalue weighted by Gasteiger charge is 2.21. The van der Waals surface area contributed by atoms with E-state index in [1.807, 2.05) is 12.1 Å². The van der Waals surface area contributed by atoms with Crippen molar-refractivity contribution in [1.29, 1.82) is 0 Å². The predicted octanol–water partition coefficient (Wildman–Crippen LogP) is 4.75. The van der Waals surface area contributed by atoms with Gasteiger partial charge in [-0.3, -0.25) is 0 Å². The number of hydrogen-bond donors (Lipinski definition) is 1. The van der Waals surface area contributed by atoms with E-state index in [1.54, 1.807) is 11.3 Å². The van der Waals surface area contributed by atoms with E-state index in [0.717, 1.165) is 23.7 Å². The Balaban J connectivity index is 1.58. The van der Waals surface area contributed by atoms with Gasteiger partial charge in [0.05, 0.1) is 4.34 Å². The van der Waals surface area contributed by atoms with Gasteiger partial charge in [-0.05, 0) is 61.6 Å². The minimum atomic E-state index is -0.174. The number of hydrogen-bond acceptors (Lipinski definition) is 2. The van der Waals surface area contributed by atoms with Crippen molar-refractivity contribution in [2.24, 2.45) is 0 Å². The lowest BCUT2D eigenvalue weighted by Crippen LogP contribution is -2.26. The molecule has 0 aliphatic heterocycles. The molecule has 1 aliphatic rings. The van der Waals surface area contributed by atoms with Gasteiger partial charge in [0.25, 0.3) is 0 Å². The molecule has 0 spiro atoms. The molecule has 1 N–H and O–H groups in total. The Morgan fingerprint density at radius 3 is 2.90 bits per heavy atom. The Morgan fingerprint density at radius 2 is 2.10 bits per heavy atom. The average molecular weight is 310 g/mol. The quantitative estimate of drug-likeness (QED) is 0.859. The molecule has 1 atom stereocenters. The van der Waals surface area contributed by atoms with Crippen molar-refractivity contribution < 1.29 is 4.39 Å². The van der Waals surface area contributed by atoms with Gasteiger partial charge in [0, 0.05) is 10.9 Å². The highest BCUT2D eigenvalue weighted by molar-refractivity contribution is 7.16. The van der Waals surface area contributed by atoms with Gasteiger partial charge in [-0.1, -0.05) is 23.7 Å². The molecular formula is C16H17ClFNS. The van der Waals surface area contributed by atoms with Crippen LogP contribution in [0.15, 0.2) is 30.3 Å². The van der Waals surface area contributed by atoms with E-state index in [0.29, 0.717) is 6.04 Å². The summed E-state index contributed by atoms with van der Waals surface area (Å²) in [6.07, 6.45) is 4.47. The first-order valence-corrected chi connectivity index (χ1v) is 8.18. The topological polar surface area (TPSA) is 12.0 Å². The van der Waals surface area contributed by atoms with Crippen LogP contribution in [0.1, 0.15) is 34.9 Å². The lowest BCUT2D eigenvalue weighted by atomic mass is 9.94. The number of rotatable bonds is 4. The molecule has 0 radical (unpaired) electrons. The van der Waals surface area contributed by atoms with E-state index in [1.165, 1.54) is 41.0 Å². The zero-order chi connectivity index (χ0) is 13.9. The van der Waals surface area contributed by atoms with Gasteiger partial charge in [-0.25, -0.2) is 4.39 Å². The zero-order valence-electron chi connectivity index (χ0n) is 11.2. The largest absolute Gasteiger partial charge is 0.310 e. The normalized spacial score (nSPS) is 18.0. The van der Waals surface area contributed by atoms with E-state index in [2.05, 4.69) is 11.4 Å². The van der Waals surface area contributed by atoms with Crippen molar-refractivity contribution in [2.75, 3.05) is 6.54 Å². The summed E-state index contributed by atoms with van der Waals surface area (Å²) >= 11 is 7.83. The van der Waals surface area contributed by atoms with Crippen LogP contribution in [0.3, 0.4) is 0 Å². The molecular weight excluding hydrogens is 293 g/mol. The summed E-state index contributed by atoms with van der Waals surface area (Å²) in [5, 5.41) is 3.61. The Hall–Kier alpha value is -0.900. The van der Waals surface area contributed by atoms with E-state index in [4.69, 9.17) is 11.6 Å². The minimum absolute atomic E-state index is 0.174. The molecule has 0 bridgehead atoms. The molecule has 4 heteroatoms. The standard InChI is InChI=1S/C16H17ClFNS/c17-16-10-13-14(2-1-3-15(13)20-16)19-9-8-11-4-6-12(18)7-5-11/h4-7,10,14,19H,1-3,8-9H2. The maximum atomic E-state index is 12.8. The molecule has 1 aliphatic carbocycles. The molecule has 0 fully saturated rings. The minimum Gasteiger partial charge on any atom is -0.310 e. The maximum absolute atomic E-state index is 12.8. The average Bonchev–Trinajstić information content (AvgIpc) is 2.82. The van der Waals surface area contributed by atoms with Crippen molar-refractivity contribution >= 4 is 22.9 Å². The summed E-state index contributed by atoms with van der Waals surface area (Å²) in [5.74, 6) is -0.174. The second-order valence-corrected chi connectivity index (χ2v) is 6.97. The highest BCUT2D eigenvalue weighted by Crippen LogP contribution is 2.37. The molecule has 3 rings (SSSR count). The SMILES string of the molecule is Fc1ccc(CCNC2CCCc3sc(Cl)cc32)cc1. The van der Waals surface area contributed by atoms with E-state index >= 15 is 0 Å². The number of nitrogens with one attached hydrogen (secondary N) is 1. The fraction of sp³-hybridized carbons (Fsp3) is 0.375. The molecule has 0 saturated heterocycles. The van der Waals surface area contributed by atoms with Gasteiger partial charge in [0.2, 0.25) is 0 Å². The van der Waals surface area contributed by atoms with Gasteiger partial charge in [-0.15, -0.1) is 11.3 Å². The van der Waals surface area contributed by atoms with Crippen LogP contribution in [-0.4, -0.2) is 6.54 Å². The highest BCUT2D eigenvalue weighted by atomic mass is 35.5. The predicted molar refractivity (Wildman–Crippen MR) is 83.1 cm³/mol. The molecule has 0 amide bonds. The van der Waals surface area contributed by atoms with Gasteiger partial charge in [-0.2, -0.15) is 0 Å². The van der Waals surface area contributed by atoms with Crippen LogP contribution < -0.4 is 5.32 Å². The third kappa shape index (κ3) is 3.22. The number of thiophene rings is 1. The number of fused-ring (bicyclic) bond motifs is 1. The molecule has 1 nitrogen and oxygen atoms in total. The first-order chi connectivity index (χ1) is 9.72. The van der Waals surface area contributed by atoms with Gasteiger partial charge < -0.3 is 5.32 Å². The van der Waals surface area contributed by atoms with Crippen molar-refractivity contribution in [3.05, 3.63) is 56.5 Å². The van der Waals surface area contributed by atoms with Gasteiger partial charge in [0.1, 0.15) is 5.82 Å². The lowest BCUT2D eigenvalue weighted by molar-refractivity contribution is 0.467. The van der Waals surface area contributed by atoms with Crippen LogP contribution >= 0.6 is 22.9 Å². The molecule has 0 saturated carbocycles. The second kappa shape index (κ2) is 6.25. The molecule has 1 unspecified atom stereocenters. The summed E-state index contributed by atoms with van der Waals surface area (Å²) in [7, 11) is 0. The molecule has 1 aromatic heterocycles. The molecule has 20 heavy (non-hydrogen) atoms. The van der Waals surface area contributed by atoms with Crippen molar-refractivity contribution in [2.45, 2.75) is 31.7 Å². The van der Waals surface area contributed by atoms with E-state index < -0.39 is 0 Å².